The van der Waals surface area contributed by atoms with Crippen LogP contribution in [0.4, 0.5) is 5.69 Å². The maximum absolute atomic E-state index is 5.73. The van der Waals surface area contributed by atoms with Gasteiger partial charge in [0.25, 0.3) is 0 Å². The molecule has 0 aliphatic heterocycles. The highest BCUT2D eigenvalue weighted by atomic mass is 31.2. The van der Waals surface area contributed by atoms with Gasteiger partial charge in [-0.3, -0.25) is 4.74 Å². The van der Waals surface area contributed by atoms with Crippen LogP contribution in [0, 0.1) is 20.8 Å². The lowest BCUT2D eigenvalue weighted by molar-refractivity contribution is 1.47. The molecule has 0 radical (unpaired) electrons. The van der Waals surface area contributed by atoms with Crippen LogP contribution in [0.5, 0.6) is 0 Å². The molecule has 0 amide bonds. The molecule has 0 spiro atoms. The first-order valence-electron chi connectivity index (χ1n) is 11.4. The fourth-order valence-corrected chi connectivity index (χ4v) is 7.84. The van der Waals surface area contributed by atoms with Crippen molar-refractivity contribution in [2.75, 3.05) is 0 Å². The number of benzene rings is 5. The molecule has 0 fully saturated rings. The molecule has 33 heavy (non-hydrogen) atoms. The lowest BCUT2D eigenvalue weighted by atomic mass is 10.1. The molecule has 5 aromatic rings. The molecule has 0 saturated heterocycles. The van der Waals surface area contributed by atoms with Gasteiger partial charge in [-0.2, -0.15) is 0 Å². The molecule has 0 aliphatic carbocycles. The Morgan fingerprint density at radius 3 is 1.36 bits per heavy atom. The molecule has 0 bridgehead atoms. The highest BCUT2D eigenvalue weighted by Crippen LogP contribution is 2.50. The molecule has 0 aromatic heterocycles. The molecule has 0 atom stereocenters. The predicted octanol–water partition coefficient (Wildman–Crippen LogP) is 7.57. The second-order valence-electron chi connectivity index (χ2n) is 8.74. The van der Waals surface area contributed by atoms with Gasteiger partial charge in [-0.1, -0.05) is 126 Å². The number of hydrogen-bond acceptors (Lipinski definition) is 1. The van der Waals surface area contributed by atoms with Crippen LogP contribution in [0.15, 0.2) is 120 Å². The third-order valence-electron chi connectivity index (χ3n) is 6.25. The van der Waals surface area contributed by atoms with Crippen molar-refractivity contribution in [2.24, 2.45) is 4.74 Å². The Balaban J connectivity index is 1.94. The maximum Gasteiger partial charge on any atom is 0.0703 e. The smallest absolute Gasteiger partial charge is 0.0703 e. The monoisotopic (exact) mass is 445 g/mol. The first-order chi connectivity index (χ1) is 16.1. The van der Waals surface area contributed by atoms with Crippen LogP contribution >= 0.6 is 7.05 Å². The van der Waals surface area contributed by atoms with Crippen molar-refractivity contribution < 1.29 is 0 Å². The lowest BCUT2D eigenvalue weighted by Crippen LogP contribution is -2.25. The minimum Gasteiger partial charge on any atom is -0.253 e. The minimum atomic E-state index is -2.31. The van der Waals surface area contributed by atoms with Crippen molar-refractivity contribution in [2.45, 2.75) is 20.8 Å². The standard InChI is InChI=1S/C31H28NP/c1-23-11-17-27(18-12-23)33(28-19-13-24(2)14-20-28,29-21-15-25(3)16-22-29)32-31-10-6-8-26-7-4-5-9-30(26)31/h4-22H,1-3H3. The molecule has 0 saturated carbocycles. The Labute approximate surface area is 196 Å². The zero-order chi connectivity index (χ0) is 22.8. The predicted molar refractivity (Wildman–Crippen MR) is 145 cm³/mol. The average molecular weight is 446 g/mol. The molecule has 1 nitrogen and oxygen atoms in total. The Kier molecular flexibility index (Phi) is 5.75. The van der Waals surface area contributed by atoms with Crippen molar-refractivity contribution >= 4 is 39.4 Å². The molecule has 0 unspecified atom stereocenters. The van der Waals surface area contributed by atoms with Crippen molar-refractivity contribution in [1.29, 1.82) is 0 Å². The van der Waals surface area contributed by atoms with E-state index in [9.17, 15) is 0 Å². The van der Waals surface area contributed by atoms with Crippen molar-refractivity contribution in [3.05, 3.63) is 132 Å². The molecule has 5 rings (SSSR count). The Bertz CT molecular complexity index is 1340. The number of hydrogen-bond donors (Lipinski definition) is 0. The van der Waals surface area contributed by atoms with Gasteiger partial charge in [-0.15, -0.1) is 0 Å². The van der Waals surface area contributed by atoms with E-state index in [4.69, 9.17) is 4.74 Å². The van der Waals surface area contributed by atoms with Crippen LogP contribution in [0.3, 0.4) is 0 Å². The summed E-state index contributed by atoms with van der Waals surface area (Å²) in [5.74, 6) is 0. The Hall–Kier alpha value is -3.41. The second kappa shape index (κ2) is 8.85. The van der Waals surface area contributed by atoms with Crippen molar-refractivity contribution in [3.63, 3.8) is 0 Å². The highest BCUT2D eigenvalue weighted by molar-refractivity contribution is 7.87. The first kappa shape index (κ1) is 21.4. The molecular weight excluding hydrogens is 417 g/mol. The number of nitrogens with zero attached hydrogens (tertiary/aromatic N) is 1. The first-order valence-corrected chi connectivity index (χ1v) is 13.1. The van der Waals surface area contributed by atoms with Gasteiger partial charge in [-0.05, 0) is 32.2 Å². The molecule has 0 N–H and O–H groups in total. The van der Waals surface area contributed by atoms with E-state index in [0.717, 1.165) is 5.69 Å². The third-order valence-corrected chi connectivity index (χ3v) is 9.90. The summed E-state index contributed by atoms with van der Waals surface area (Å²) in [7, 11) is -2.31. The van der Waals surface area contributed by atoms with Gasteiger partial charge in [0.05, 0.1) is 12.7 Å². The van der Waals surface area contributed by atoms with Crippen LogP contribution in [-0.2, 0) is 0 Å². The summed E-state index contributed by atoms with van der Waals surface area (Å²) < 4.78 is 5.73. The Morgan fingerprint density at radius 2 is 0.879 bits per heavy atom. The second-order valence-corrected chi connectivity index (χ2v) is 11.8. The largest absolute Gasteiger partial charge is 0.253 e. The summed E-state index contributed by atoms with van der Waals surface area (Å²) in [6.45, 7) is 6.43. The summed E-state index contributed by atoms with van der Waals surface area (Å²) in [6.07, 6.45) is 0. The van der Waals surface area contributed by atoms with Crippen LogP contribution in [0.25, 0.3) is 10.8 Å². The van der Waals surface area contributed by atoms with Crippen LogP contribution in [0.1, 0.15) is 16.7 Å². The van der Waals surface area contributed by atoms with Crippen LogP contribution < -0.4 is 15.9 Å². The summed E-state index contributed by atoms with van der Waals surface area (Å²) in [5.41, 5.74) is 4.82. The summed E-state index contributed by atoms with van der Waals surface area (Å²) >= 11 is 0. The van der Waals surface area contributed by atoms with E-state index in [2.05, 4.69) is 136 Å². The van der Waals surface area contributed by atoms with E-state index >= 15 is 0 Å². The topological polar surface area (TPSA) is 12.4 Å². The van der Waals surface area contributed by atoms with Crippen LogP contribution in [-0.4, -0.2) is 0 Å². The fourth-order valence-electron chi connectivity index (χ4n) is 4.36. The maximum atomic E-state index is 5.73. The third kappa shape index (κ3) is 4.06. The quantitative estimate of drug-likeness (QED) is 0.253. The normalized spacial score (nSPS) is 11.5. The van der Waals surface area contributed by atoms with E-state index < -0.39 is 7.05 Å². The summed E-state index contributed by atoms with van der Waals surface area (Å²) in [4.78, 5) is 0. The lowest BCUT2D eigenvalue weighted by Gasteiger charge is -2.27. The zero-order valence-electron chi connectivity index (χ0n) is 19.4. The van der Waals surface area contributed by atoms with E-state index in [1.54, 1.807) is 0 Å². The Morgan fingerprint density at radius 1 is 0.455 bits per heavy atom. The molecule has 0 aliphatic rings. The van der Waals surface area contributed by atoms with Crippen molar-refractivity contribution in [3.8, 4) is 0 Å². The van der Waals surface area contributed by atoms with E-state index in [1.165, 1.54) is 43.4 Å². The van der Waals surface area contributed by atoms with E-state index in [-0.39, 0.29) is 0 Å². The summed E-state index contributed by atoms with van der Waals surface area (Å²) in [5, 5.41) is 6.22. The molecule has 0 heterocycles. The summed E-state index contributed by atoms with van der Waals surface area (Å²) in [6, 6.07) is 41.9. The molecule has 5 aromatic carbocycles. The van der Waals surface area contributed by atoms with Gasteiger partial charge >= 0.3 is 0 Å². The molecular formula is C31H28NP. The number of aryl methyl sites for hydroxylation is 3. The van der Waals surface area contributed by atoms with Gasteiger partial charge in [-0.25, -0.2) is 0 Å². The van der Waals surface area contributed by atoms with Crippen LogP contribution in [0.2, 0.25) is 0 Å². The molecule has 2 heteroatoms. The van der Waals surface area contributed by atoms with Crippen molar-refractivity contribution in [1.82, 2.24) is 0 Å². The van der Waals surface area contributed by atoms with Gasteiger partial charge in [0, 0.05) is 21.3 Å². The number of fused-ring (bicyclic) bond motifs is 1. The average Bonchev–Trinajstić information content (AvgIpc) is 2.84. The van der Waals surface area contributed by atoms with E-state index in [0.29, 0.717) is 0 Å². The van der Waals surface area contributed by atoms with Gasteiger partial charge in [0.2, 0.25) is 0 Å². The SMILES string of the molecule is Cc1ccc(P(=Nc2cccc3ccccc23)(c2ccc(C)cc2)c2ccc(C)cc2)cc1. The zero-order valence-corrected chi connectivity index (χ0v) is 20.3. The van der Waals surface area contributed by atoms with Gasteiger partial charge in [0.1, 0.15) is 0 Å². The highest BCUT2D eigenvalue weighted by Gasteiger charge is 2.28. The minimum absolute atomic E-state index is 1.04. The number of rotatable bonds is 4. The molecule has 162 valence electrons. The van der Waals surface area contributed by atoms with E-state index in [1.807, 2.05) is 0 Å². The van der Waals surface area contributed by atoms with Gasteiger partial charge < -0.3 is 0 Å². The fraction of sp³-hybridized carbons (Fsp3) is 0.0968. The van der Waals surface area contributed by atoms with Gasteiger partial charge in [0.15, 0.2) is 0 Å².